The van der Waals surface area contributed by atoms with Gasteiger partial charge in [0.1, 0.15) is 17.1 Å². The van der Waals surface area contributed by atoms with E-state index in [4.69, 9.17) is 0 Å². The number of fused-ring (bicyclic) bond motifs is 1. The zero-order chi connectivity index (χ0) is 20.3. The molecule has 150 valence electrons. The number of esters is 1. The zero-order valence-corrected chi connectivity index (χ0v) is 17.3. The first-order valence-electron chi connectivity index (χ1n) is 8.28. The molecule has 2 atom stereocenters. The number of nitrogens with zero attached hydrogens (tertiary/aromatic N) is 1. The van der Waals surface area contributed by atoms with E-state index in [-0.39, 0.29) is 23.8 Å². The van der Waals surface area contributed by atoms with Crippen molar-refractivity contribution in [2.75, 3.05) is 24.4 Å². The molecule has 0 aliphatic carbocycles. The van der Waals surface area contributed by atoms with Gasteiger partial charge in [-0.1, -0.05) is 6.07 Å². The number of carboxylic acid groups (broad SMARTS) is 1. The van der Waals surface area contributed by atoms with Crippen molar-refractivity contribution < 1.29 is 29.0 Å². The highest BCUT2D eigenvalue weighted by atomic mass is 32.2. The number of amides is 2. The van der Waals surface area contributed by atoms with Gasteiger partial charge in [0.2, 0.25) is 5.91 Å². The molecule has 1 saturated heterocycles. The normalized spacial score (nSPS) is 21.0. The summed E-state index contributed by atoms with van der Waals surface area (Å²) in [6.45, 7) is 0. The van der Waals surface area contributed by atoms with Gasteiger partial charge in [0, 0.05) is 16.4 Å². The number of ether oxygens (including phenoxy) is 1. The maximum Gasteiger partial charge on any atom is 0.352 e. The Hall–Kier alpha value is -1.98. The molecule has 1 aromatic rings. The quantitative estimate of drug-likeness (QED) is 0.452. The van der Waals surface area contributed by atoms with Gasteiger partial charge in [0.25, 0.3) is 5.91 Å². The standard InChI is InChI=1S/C17H18N2O6S3/c1-25-12(21)8-26-6-9-7-28-16-13(15(22)19(16)14(9)17(23)24)18-11(20)5-10-3-2-4-27-10/h2-4,13,16H,5-8H2,1H3,(H,18,20)(H,23,24)/t13?,16-/m1/s1. The number of rotatable bonds is 8. The average molecular weight is 443 g/mol. The fourth-order valence-corrected chi connectivity index (χ4v) is 5.96. The first-order chi connectivity index (χ1) is 13.4. The first kappa shape index (κ1) is 20.7. The predicted octanol–water partition coefficient (Wildman–Crippen LogP) is 0.935. The van der Waals surface area contributed by atoms with Crippen molar-refractivity contribution in [1.82, 2.24) is 10.2 Å². The summed E-state index contributed by atoms with van der Waals surface area (Å²) < 4.78 is 4.57. The molecule has 3 rings (SSSR count). The van der Waals surface area contributed by atoms with Crippen LogP contribution in [0.5, 0.6) is 0 Å². The number of β-lactam (4-membered cyclic amide) rings is 1. The maximum atomic E-state index is 12.5. The van der Waals surface area contributed by atoms with Crippen molar-refractivity contribution in [3.8, 4) is 0 Å². The van der Waals surface area contributed by atoms with Crippen molar-refractivity contribution in [2.24, 2.45) is 0 Å². The second-order valence-electron chi connectivity index (χ2n) is 6.04. The van der Waals surface area contributed by atoms with Gasteiger partial charge in [-0.3, -0.25) is 19.3 Å². The molecule has 8 nitrogen and oxygen atoms in total. The summed E-state index contributed by atoms with van der Waals surface area (Å²) in [6, 6.07) is 2.97. The minimum absolute atomic E-state index is 0.0464. The van der Waals surface area contributed by atoms with Crippen molar-refractivity contribution in [3.63, 3.8) is 0 Å². The smallest absolute Gasteiger partial charge is 0.352 e. The molecule has 0 aromatic carbocycles. The number of carboxylic acids is 1. The minimum atomic E-state index is -1.18. The summed E-state index contributed by atoms with van der Waals surface area (Å²) >= 11 is 4.11. The molecule has 1 aromatic heterocycles. The summed E-state index contributed by atoms with van der Waals surface area (Å²) in [5.74, 6) is -1.42. The van der Waals surface area contributed by atoms with Crippen molar-refractivity contribution in [1.29, 1.82) is 0 Å². The van der Waals surface area contributed by atoms with Crippen molar-refractivity contribution in [3.05, 3.63) is 33.7 Å². The van der Waals surface area contributed by atoms with Gasteiger partial charge < -0.3 is 15.2 Å². The highest BCUT2D eigenvalue weighted by Gasteiger charge is 2.54. The maximum absolute atomic E-state index is 12.5. The van der Waals surface area contributed by atoms with Gasteiger partial charge in [0.05, 0.1) is 19.3 Å². The van der Waals surface area contributed by atoms with Crippen LogP contribution in [0.25, 0.3) is 0 Å². The van der Waals surface area contributed by atoms with E-state index in [1.165, 1.54) is 46.9 Å². The van der Waals surface area contributed by atoms with Crippen LogP contribution < -0.4 is 5.32 Å². The van der Waals surface area contributed by atoms with E-state index < -0.39 is 29.3 Å². The van der Waals surface area contributed by atoms with Crippen LogP contribution in [-0.2, 0) is 30.3 Å². The van der Waals surface area contributed by atoms with Crippen LogP contribution in [-0.4, -0.2) is 69.5 Å². The second kappa shape index (κ2) is 9.01. The molecule has 11 heteroatoms. The van der Waals surface area contributed by atoms with Gasteiger partial charge >= 0.3 is 11.9 Å². The van der Waals surface area contributed by atoms with Crippen LogP contribution >= 0.6 is 34.9 Å². The number of methoxy groups -OCH3 is 1. The highest BCUT2D eigenvalue weighted by molar-refractivity contribution is 8.01. The lowest BCUT2D eigenvalue weighted by atomic mass is 10.0. The molecule has 2 aliphatic rings. The third-order valence-electron chi connectivity index (χ3n) is 4.21. The van der Waals surface area contributed by atoms with Crippen LogP contribution in [0.3, 0.4) is 0 Å². The molecule has 0 spiro atoms. The van der Waals surface area contributed by atoms with Crippen molar-refractivity contribution >= 4 is 58.6 Å². The Balaban J connectivity index is 1.64. The lowest BCUT2D eigenvalue weighted by Gasteiger charge is -2.49. The van der Waals surface area contributed by atoms with Gasteiger partial charge in [-0.2, -0.15) is 0 Å². The van der Waals surface area contributed by atoms with E-state index in [2.05, 4.69) is 10.1 Å². The third kappa shape index (κ3) is 4.36. The van der Waals surface area contributed by atoms with E-state index in [1.54, 1.807) is 0 Å². The Morgan fingerprint density at radius 1 is 1.43 bits per heavy atom. The predicted molar refractivity (Wildman–Crippen MR) is 107 cm³/mol. The minimum Gasteiger partial charge on any atom is -0.477 e. The third-order valence-corrected chi connectivity index (χ3v) is 7.41. The number of aliphatic carboxylic acids is 1. The monoisotopic (exact) mass is 442 g/mol. The van der Waals surface area contributed by atoms with Crippen LogP contribution in [0, 0.1) is 0 Å². The van der Waals surface area contributed by atoms with Crippen LogP contribution in [0.4, 0.5) is 0 Å². The Kier molecular flexibility index (Phi) is 6.68. The Morgan fingerprint density at radius 2 is 2.21 bits per heavy atom. The Bertz CT molecular complexity index is 823. The van der Waals surface area contributed by atoms with Crippen LogP contribution in [0.2, 0.25) is 0 Å². The lowest BCUT2D eigenvalue weighted by molar-refractivity contribution is -0.150. The lowest BCUT2D eigenvalue weighted by Crippen LogP contribution is -2.70. The number of thiophene rings is 1. The molecule has 1 fully saturated rings. The summed E-state index contributed by atoms with van der Waals surface area (Å²) in [6.07, 6.45) is 0.190. The Labute approximate surface area is 173 Å². The van der Waals surface area contributed by atoms with E-state index in [9.17, 15) is 24.3 Å². The zero-order valence-electron chi connectivity index (χ0n) is 14.9. The van der Waals surface area contributed by atoms with E-state index in [1.807, 2.05) is 17.5 Å². The molecule has 1 unspecified atom stereocenters. The SMILES string of the molecule is COC(=O)CSCC1=C(C(=O)O)N2C(=O)C(NC(=O)Cc3cccs3)[C@H]2SC1. The summed E-state index contributed by atoms with van der Waals surface area (Å²) in [5.41, 5.74) is 0.536. The fraction of sp³-hybridized carbons (Fsp3) is 0.412. The molecule has 28 heavy (non-hydrogen) atoms. The molecule has 2 amide bonds. The summed E-state index contributed by atoms with van der Waals surface area (Å²) in [4.78, 5) is 49.8. The number of hydrogen-bond acceptors (Lipinski definition) is 8. The van der Waals surface area contributed by atoms with Gasteiger partial charge in [-0.25, -0.2) is 4.79 Å². The summed E-state index contributed by atoms with van der Waals surface area (Å²) in [7, 11) is 1.29. The highest BCUT2D eigenvalue weighted by Crippen LogP contribution is 2.41. The number of thioether (sulfide) groups is 2. The van der Waals surface area contributed by atoms with E-state index in [0.717, 1.165) is 4.88 Å². The molecule has 0 saturated carbocycles. The number of carbonyl (C=O) groups is 4. The second-order valence-corrected chi connectivity index (χ2v) is 9.16. The number of hydrogen-bond donors (Lipinski definition) is 2. The fourth-order valence-electron chi connectivity index (χ4n) is 2.91. The molecular weight excluding hydrogens is 424 g/mol. The van der Waals surface area contributed by atoms with Crippen molar-refractivity contribution in [2.45, 2.75) is 17.8 Å². The van der Waals surface area contributed by atoms with Gasteiger partial charge in [-0.15, -0.1) is 34.9 Å². The topological polar surface area (TPSA) is 113 Å². The molecule has 0 radical (unpaired) electrons. The molecular formula is C17H18N2O6S3. The average Bonchev–Trinajstić information content (AvgIpc) is 3.18. The number of nitrogens with one attached hydrogen (secondary N) is 1. The Morgan fingerprint density at radius 3 is 2.86 bits per heavy atom. The van der Waals surface area contributed by atoms with E-state index in [0.29, 0.717) is 17.1 Å². The molecule has 2 N–H and O–H groups in total. The van der Waals surface area contributed by atoms with Crippen LogP contribution in [0.1, 0.15) is 4.88 Å². The molecule has 2 aliphatic heterocycles. The first-order valence-corrected chi connectivity index (χ1v) is 11.4. The van der Waals surface area contributed by atoms with E-state index >= 15 is 0 Å². The van der Waals surface area contributed by atoms with Gasteiger partial charge in [0.15, 0.2) is 0 Å². The summed E-state index contributed by atoms with van der Waals surface area (Å²) in [5, 5.41) is 13.8. The van der Waals surface area contributed by atoms with Crippen LogP contribution in [0.15, 0.2) is 28.8 Å². The largest absolute Gasteiger partial charge is 0.477 e. The molecule has 3 heterocycles. The number of carbonyl (C=O) groups excluding carboxylic acids is 3. The van der Waals surface area contributed by atoms with Gasteiger partial charge in [-0.05, 0) is 17.0 Å². The molecule has 0 bridgehead atoms.